The van der Waals surface area contributed by atoms with Crippen LogP contribution in [0, 0.1) is 6.92 Å². The Labute approximate surface area is 231 Å². The van der Waals surface area contributed by atoms with Crippen molar-refractivity contribution in [2.75, 3.05) is 49.9 Å². The normalized spacial score (nSPS) is 17.0. The van der Waals surface area contributed by atoms with Crippen LogP contribution in [0.25, 0.3) is 10.2 Å². The molecule has 0 radical (unpaired) electrons. The zero-order valence-corrected chi connectivity index (χ0v) is 23.4. The van der Waals surface area contributed by atoms with E-state index in [-0.39, 0.29) is 17.0 Å². The van der Waals surface area contributed by atoms with E-state index in [4.69, 9.17) is 5.73 Å². The van der Waals surface area contributed by atoms with Gasteiger partial charge in [-0.05, 0) is 55.3 Å². The Balaban J connectivity index is 1.14. The van der Waals surface area contributed by atoms with Gasteiger partial charge < -0.3 is 10.6 Å². The van der Waals surface area contributed by atoms with Gasteiger partial charge in [-0.2, -0.15) is 4.31 Å². The molecule has 0 bridgehead atoms. The number of aryl methyl sites for hydroxylation is 1. The van der Waals surface area contributed by atoms with Gasteiger partial charge in [-0.15, -0.1) is 11.3 Å². The van der Waals surface area contributed by atoms with Crippen molar-refractivity contribution in [3.05, 3.63) is 75.3 Å². The molecule has 1 aromatic carbocycles. The Kier molecular flexibility index (Phi) is 6.88. The van der Waals surface area contributed by atoms with Crippen LogP contribution in [0.1, 0.15) is 16.1 Å². The van der Waals surface area contributed by atoms with Gasteiger partial charge in [0.25, 0.3) is 5.56 Å². The number of nitrogen functional groups attached to an aromatic ring is 1. The molecule has 0 saturated carbocycles. The highest BCUT2D eigenvalue weighted by atomic mass is 32.2. The Bertz CT molecular complexity index is 1670. The number of benzene rings is 1. The second-order valence-electron chi connectivity index (χ2n) is 10.1. The third-order valence-electron chi connectivity index (χ3n) is 7.54. The topological polar surface area (TPSA) is 118 Å². The van der Waals surface area contributed by atoms with Crippen molar-refractivity contribution in [2.24, 2.45) is 0 Å². The van der Waals surface area contributed by atoms with Crippen LogP contribution < -0.4 is 16.2 Å². The van der Waals surface area contributed by atoms with Gasteiger partial charge in [0.05, 0.1) is 16.6 Å². The smallest absolute Gasteiger partial charge is 0.262 e. The van der Waals surface area contributed by atoms with Crippen LogP contribution in [0.15, 0.2) is 58.5 Å². The summed E-state index contributed by atoms with van der Waals surface area (Å²) in [5.74, 6) is 1.02. The summed E-state index contributed by atoms with van der Waals surface area (Å²) in [6, 6.07) is 12.3. The molecular weight excluding hydrogens is 534 g/mol. The molecule has 3 aromatic heterocycles. The average Bonchev–Trinajstić information content (AvgIpc) is 3.32. The van der Waals surface area contributed by atoms with E-state index in [2.05, 4.69) is 25.8 Å². The molecule has 0 aliphatic carbocycles. The monoisotopic (exact) mass is 565 g/mol. The SMILES string of the molecule is Cc1cccc(N2CCN(CCn3cnc4sc5c(c4c3=O)CCN(S(=O)(=O)c3ccc(N)cc3)C5)CC2)n1. The number of hydrogen-bond acceptors (Lipinski definition) is 9. The molecule has 4 aromatic rings. The molecule has 0 unspecified atom stereocenters. The molecule has 2 aliphatic rings. The number of nitrogens with two attached hydrogens (primary N) is 1. The van der Waals surface area contributed by atoms with E-state index in [0.717, 1.165) is 54.7 Å². The molecule has 6 rings (SSSR count). The fraction of sp³-hybridized carbons (Fsp3) is 0.370. The van der Waals surface area contributed by atoms with Gasteiger partial charge >= 0.3 is 0 Å². The van der Waals surface area contributed by atoms with Crippen LogP contribution in [0.3, 0.4) is 0 Å². The maximum Gasteiger partial charge on any atom is 0.262 e. The summed E-state index contributed by atoms with van der Waals surface area (Å²) in [7, 11) is -3.65. The lowest BCUT2D eigenvalue weighted by molar-refractivity contribution is 0.246. The van der Waals surface area contributed by atoms with Gasteiger partial charge in [0.15, 0.2) is 0 Å². The quantitative estimate of drug-likeness (QED) is 0.354. The molecule has 2 N–H and O–H groups in total. The van der Waals surface area contributed by atoms with E-state index in [1.807, 2.05) is 19.1 Å². The molecule has 0 amide bonds. The van der Waals surface area contributed by atoms with Crippen LogP contribution in [-0.4, -0.2) is 71.4 Å². The van der Waals surface area contributed by atoms with Crippen molar-refractivity contribution in [3.8, 4) is 0 Å². The number of hydrogen-bond donors (Lipinski definition) is 1. The number of sulfonamides is 1. The number of aromatic nitrogens is 3. The average molecular weight is 566 g/mol. The van der Waals surface area contributed by atoms with E-state index in [9.17, 15) is 13.2 Å². The molecule has 1 fully saturated rings. The number of anilines is 2. The number of piperazine rings is 1. The second-order valence-corrected chi connectivity index (χ2v) is 13.1. The highest BCUT2D eigenvalue weighted by Gasteiger charge is 2.31. The summed E-state index contributed by atoms with van der Waals surface area (Å²) in [5, 5.41) is 0.636. The third-order valence-corrected chi connectivity index (χ3v) is 10.5. The Morgan fingerprint density at radius 2 is 1.77 bits per heavy atom. The predicted molar refractivity (Wildman–Crippen MR) is 154 cm³/mol. The standard InChI is InChI=1S/C27H31N7O3S2/c1-19-3-2-4-24(30-19)32-14-11-31(12-15-32)13-16-33-18-29-26-25(27(33)35)22-9-10-34(17-23(22)38-26)39(36,37)21-7-5-20(28)6-8-21/h2-8,18H,9-17,28H2,1H3. The molecule has 10 nitrogen and oxygen atoms in total. The third kappa shape index (κ3) is 5.05. The molecule has 5 heterocycles. The lowest BCUT2D eigenvalue weighted by Crippen LogP contribution is -2.47. The molecule has 0 spiro atoms. The highest BCUT2D eigenvalue weighted by Crippen LogP contribution is 2.34. The van der Waals surface area contributed by atoms with Crippen molar-refractivity contribution in [1.29, 1.82) is 0 Å². The first kappa shape index (κ1) is 25.9. The van der Waals surface area contributed by atoms with Gasteiger partial charge in [-0.1, -0.05) is 6.07 Å². The number of rotatable bonds is 6. The van der Waals surface area contributed by atoms with Gasteiger partial charge in [0.1, 0.15) is 10.6 Å². The van der Waals surface area contributed by atoms with Crippen molar-refractivity contribution in [1.82, 2.24) is 23.7 Å². The molecule has 2 aliphatic heterocycles. The summed E-state index contributed by atoms with van der Waals surface area (Å²) in [5.41, 5.74) is 8.15. The minimum Gasteiger partial charge on any atom is -0.399 e. The largest absolute Gasteiger partial charge is 0.399 e. The first-order valence-corrected chi connectivity index (χ1v) is 15.3. The van der Waals surface area contributed by atoms with Crippen LogP contribution in [0.5, 0.6) is 0 Å². The first-order valence-electron chi connectivity index (χ1n) is 13.1. The first-order chi connectivity index (χ1) is 18.8. The van der Waals surface area contributed by atoms with Gasteiger partial charge in [-0.3, -0.25) is 14.3 Å². The van der Waals surface area contributed by atoms with Crippen LogP contribution in [-0.2, 0) is 29.5 Å². The summed E-state index contributed by atoms with van der Waals surface area (Å²) in [4.78, 5) is 29.2. The lowest BCUT2D eigenvalue weighted by atomic mass is 10.1. The Hall–Kier alpha value is -3.32. The highest BCUT2D eigenvalue weighted by molar-refractivity contribution is 7.89. The van der Waals surface area contributed by atoms with Crippen LogP contribution >= 0.6 is 11.3 Å². The van der Waals surface area contributed by atoms with Crippen molar-refractivity contribution < 1.29 is 8.42 Å². The van der Waals surface area contributed by atoms with Crippen molar-refractivity contribution in [3.63, 3.8) is 0 Å². The maximum absolute atomic E-state index is 13.5. The summed E-state index contributed by atoms with van der Waals surface area (Å²) < 4.78 is 29.6. The van der Waals surface area contributed by atoms with E-state index >= 15 is 0 Å². The summed E-state index contributed by atoms with van der Waals surface area (Å²) in [6.07, 6.45) is 2.11. The second kappa shape index (κ2) is 10.3. The number of thiophene rings is 1. The van der Waals surface area contributed by atoms with E-state index in [1.54, 1.807) is 23.0 Å². The predicted octanol–water partition coefficient (Wildman–Crippen LogP) is 2.31. The van der Waals surface area contributed by atoms with E-state index in [1.165, 1.54) is 27.8 Å². The minimum atomic E-state index is -3.65. The molecule has 39 heavy (non-hydrogen) atoms. The number of pyridine rings is 1. The number of nitrogens with zero attached hydrogens (tertiary/aromatic N) is 6. The summed E-state index contributed by atoms with van der Waals surface area (Å²) in [6.45, 7) is 7.51. The van der Waals surface area contributed by atoms with Gasteiger partial charge in [0, 0.05) is 68.6 Å². The fourth-order valence-corrected chi connectivity index (χ4v) is 7.99. The van der Waals surface area contributed by atoms with Crippen molar-refractivity contribution >= 4 is 43.1 Å². The summed E-state index contributed by atoms with van der Waals surface area (Å²) >= 11 is 1.41. The van der Waals surface area contributed by atoms with Crippen LogP contribution in [0.4, 0.5) is 11.5 Å². The Morgan fingerprint density at radius 3 is 2.51 bits per heavy atom. The van der Waals surface area contributed by atoms with Crippen molar-refractivity contribution in [2.45, 2.75) is 31.3 Å². The lowest BCUT2D eigenvalue weighted by Gasteiger charge is -2.35. The fourth-order valence-electron chi connectivity index (χ4n) is 5.30. The van der Waals surface area contributed by atoms with Gasteiger partial charge in [-0.25, -0.2) is 18.4 Å². The molecule has 204 valence electrons. The van der Waals surface area contributed by atoms with Crippen LogP contribution in [0.2, 0.25) is 0 Å². The zero-order valence-electron chi connectivity index (χ0n) is 21.8. The molecule has 1 saturated heterocycles. The van der Waals surface area contributed by atoms with E-state index < -0.39 is 10.0 Å². The maximum atomic E-state index is 13.5. The minimum absolute atomic E-state index is 0.0464. The zero-order chi connectivity index (χ0) is 27.1. The molecule has 12 heteroatoms. The molecule has 0 atom stereocenters. The Morgan fingerprint density at radius 1 is 1.00 bits per heavy atom. The van der Waals surface area contributed by atoms with Gasteiger partial charge in [0.2, 0.25) is 10.0 Å². The number of fused-ring (bicyclic) bond motifs is 3. The molecular formula is C27H31N7O3S2. The van der Waals surface area contributed by atoms with E-state index in [0.29, 0.717) is 35.4 Å².